The van der Waals surface area contributed by atoms with Crippen molar-refractivity contribution in [3.8, 4) is 10.8 Å². The van der Waals surface area contributed by atoms with Gasteiger partial charge in [-0.1, -0.05) is 0 Å². The molecule has 0 saturated carbocycles. The number of benzene rings is 1. The minimum atomic E-state index is -0.881. The van der Waals surface area contributed by atoms with E-state index in [-0.39, 0.29) is 5.91 Å². The fourth-order valence-electron chi connectivity index (χ4n) is 4.13. The predicted octanol–water partition coefficient (Wildman–Crippen LogP) is 4.51. The van der Waals surface area contributed by atoms with E-state index in [0.29, 0.717) is 16.9 Å². The van der Waals surface area contributed by atoms with Crippen molar-refractivity contribution in [2.45, 2.75) is 39.5 Å². The molecule has 1 aromatic carbocycles. The normalized spacial score (nSPS) is 13.2. The summed E-state index contributed by atoms with van der Waals surface area (Å²) in [5, 5.41) is 14.8. The molecule has 0 saturated heterocycles. The Bertz CT molecular complexity index is 1210. The van der Waals surface area contributed by atoms with Crippen LogP contribution in [0.15, 0.2) is 35.4 Å². The highest BCUT2D eigenvalue weighted by Gasteiger charge is 2.27. The summed E-state index contributed by atoms with van der Waals surface area (Å²) < 4.78 is 7.09. The molecule has 4 rings (SSSR count). The molecule has 32 heavy (non-hydrogen) atoms. The second kappa shape index (κ2) is 9.00. The number of aromatic nitrogens is 1. The molecule has 0 unspecified atom stereocenters. The molecule has 0 fully saturated rings. The molecule has 0 spiro atoms. The van der Waals surface area contributed by atoms with E-state index in [1.807, 2.05) is 24.5 Å². The molecule has 3 aromatic rings. The summed E-state index contributed by atoms with van der Waals surface area (Å²) in [6.07, 6.45) is 5.47. The van der Waals surface area contributed by atoms with Gasteiger partial charge in [-0.15, -0.1) is 11.3 Å². The highest BCUT2D eigenvalue weighted by atomic mass is 32.1. The Hall–Kier alpha value is -3.39. The van der Waals surface area contributed by atoms with Gasteiger partial charge in [0.15, 0.2) is 0 Å². The Kier molecular flexibility index (Phi) is 6.14. The average Bonchev–Trinajstić information content (AvgIpc) is 3.30. The molecule has 0 radical (unpaired) electrons. The number of nitrogens with one attached hydrogen (secondary N) is 1. The van der Waals surface area contributed by atoms with E-state index in [0.717, 1.165) is 53.2 Å². The number of nitrogens with zero attached hydrogens (tertiary/aromatic N) is 2. The summed E-state index contributed by atoms with van der Waals surface area (Å²) in [5.74, 6) is -0.529. The summed E-state index contributed by atoms with van der Waals surface area (Å²) in [7, 11) is 1.57. The van der Waals surface area contributed by atoms with Gasteiger partial charge in [0.25, 0.3) is 5.91 Å². The molecule has 1 aliphatic rings. The van der Waals surface area contributed by atoms with Gasteiger partial charge in [-0.05, 0) is 75.4 Å². The van der Waals surface area contributed by atoms with Gasteiger partial charge in [0, 0.05) is 27.4 Å². The molecule has 2 N–H and O–H groups in total. The van der Waals surface area contributed by atoms with Crippen molar-refractivity contribution in [1.29, 1.82) is 0 Å². The summed E-state index contributed by atoms with van der Waals surface area (Å²) in [4.78, 5) is 25.6. The van der Waals surface area contributed by atoms with Crippen molar-refractivity contribution < 1.29 is 19.4 Å². The largest absolute Gasteiger partial charge is 0.497 e. The van der Waals surface area contributed by atoms with Crippen LogP contribution in [0.5, 0.6) is 5.75 Å². The molecule has 7 nitrogen and oxygen atoms in total. The van der Waals surface area contributed by atoms with Crippen LogP contribution in [0.3, 0.4) is 0 Å². The van der Waals surface area contributed by atoms with Crippen LogP contribution < -0.4 is 10.2 Å². The van der Waals surface area contributed by atoms with Gasteiger partial charge in [-0.25, -0.2) is 10.2 Å². The summed E-state index contributed by atoms with van der Waals surface area (Å²) in [6, 6.07) is 8.71. The Morgan fingerprint density at radius 3 is 2.59 bits per heavy atom. The van der Waals surface area contributed by atoms with E-state index >= 15 is 0 Å². The number of carboxylic acid groups (broad SMARTS) is 1. The fourth-order valence-corrected chi connectivity index (χ4v) is 5.62. The standard InChI is InChI=1S/C24H25N3O4S/c1-14-12-17(13-25-26-22(28)16-8-10-18(31-3)11-9-16)15(2)27(14)23-21(24(29)30)19-6-4-5-7-20(19)32-23/h8-13H,4-7H2,1-3H3,(H,26,28)(H,29,30)/b25-13-. The van der Waals surface area contributed by atoms with E-state index in [1.165, 1.54) is 4.88 Å². The number of hydrogen-bond acceptors (Lipinski definition) is 5. The SMILES string of the molecule is COc1ccc(C(=O)N/N=C\c2cc(C)n(-c3sc4c(c3C(=O)O)CCCC4)c2C)cc1. The van der Waals surface area contributed by atoms with E-state index < -0.39 is 5.97 Å². The Morgan fingerprint density at radius 2 is 1.91 bits per heavy atom. The first-order chi connectivity index (χ1) is 15.4. The Morgan fingerprint density at radius 1 is 1.19 bits per heavy atom. The van der Waals surface area contributed by atoms with Gasteiger partial charge in [0.05, 0.1) is 18.9 Å². The third-order valence-corrected chi connectivity index (χ3v) is 7.04. The molecule has 0 atom stereocenters. The molecule has 1 aliphatic carbocycles. The Labute approximate surface area is 190 Å². The van der Waals surface area contributed by atoms with E-state index in [1.54, 1.807) is 48.9 Å². The van der Waals surface area contributed by atoms with E-state index in [2.05, 4.69) is 10.5 Å². The molecule has 0 aliphatic heterocycles. The highest BCUT2D eigenvalue weighted by Crippen LogP contribution is 2.38. The van der Waals surface area contributed by atoms with Crippen LogP contribution in [0, 0.1) is 13.8 Å². The first kappa shape index (κ1) is 21.8. The zero-order valence-electron chi connectivity index (χ0n) is 18.3. The third kappa shape index (κ3) is 4.05. The van der Waals surface area contributed by atoms with Crippen LogP contribution in [-0.4, -0.2) is 34.9 Å². The summed E-state index contributed by atoms with van der Waals surface area (Å²) >= 11 is 1.57. The van der Waals surface area contributed by atoms with E-state index in [9.17, 15) is 14.7 Å². The number of ether oxygens (including phenoxy) is 1. The maximum absolute atomic E-state index is 12.3. The van der Waals surface area contributed by atoms with Crippen molar-refractivity contribution >= 4 is 29.4 Å². The quantitative estimate of drug-likeness (QED) is 0.426. The molecular weight excluding hydrogens is 426 g/mol. The number of fused-ring (bicyclic) bond motifs is 1. The summed E-state index contributed by atoms with van der Waals surface area (Å²) in [6.45, 7) is 3.88. The van der Waals surface area contributed by atoms with Crippen molar-refractivity contribution in [2.75, 3.05) is 7.11 Å². The number of carbonyl (C=O) groups is 2. The topological polar surface area (TPSA) is 92.9 Å². The minimum Gasteiger partial charge on any atom is -0.497 e. The number of amides is 1. The molecular formula is C24H25N3O4S. The number of carbonyl (C=O) groups excluding carboxylic acids is 1. The zero-order valence-corrected chi connectivity index (χ0v) is 19.1. The van der Waals surface area contributed by atoms with Crippen molar-refractivity contribution in [1.82, 2.24) is 9.99 Å². The Balaban J connectivity index is 1.59. The van der Waals surface area contributed by atoms with Crippen LogP contribution >= 0.6 is 11.3 Å². The summed E-state index contributed by atoms with van der Waals surface area (Å²) in [5.41, 5.74) is 7.04. The zero-order chi connectivity index (χ0) is 22.8. The second-order valence-electron chi connectivity index (χ2n) is 7.79. The van der Waals surface area contributed by atoms with Crippen molar-refractivity contribution in [3.63, 3.8) is 0 Å². The van der Waals surface area contributed by atoms with Crippen LogP contribution in [0.4, 0.5) is 0 Å². The number of thiophene rings is 1. The van der Waals surface area contributed by atoms with Gasteiger partial charge in [-0.2, -0.15) is 5.10 Å². The number of methoxy groups -OCH3 is 1. The monoisotopic (exact) mass is 451 g/mol. The minimum absolute atomic E-state index is 0.322. The number of hydrogen-bond donors (Lipinski definition) is 2. The second-order valence-corrected chi connectivity index (χ2v) is 8.87. The van der Waals surface area contributed by atoms with Crippen LogP contribution in [0.2, 0.25) is 0 Å². The lowest BCUT2D eigenvalue weighted by atomic mass is 9.95. The molecule has 166 valence electrons. The average molecular weight is 452 g/mol. The molecule has 2 aromatic heterocycles. The van der Waals surface area contributed by atoms with Crippen LogP contribution in [0.25, 0.3) is 5.00 Å². The lowest BCUT2D eigenvalue weighted by molar-refractivity contribution is 0.0695. The smallest absolute Gasteiger partial charge is 0.339 e. The number of aryl methyl sites for hydroxylation is 2. The van der Waals surface area contributed by atoms with Gasteiger partial charge < -0.3 is 14.4 Å². The van der Waals surface area contributed by atoms with Gasteiger partial charge in [-0.3, -0.25) is 4.79 Å². The highest BCUT2D eigenvalue weighted by molar-refractivity contribution is 7.15. The first-order valence-corrected chi connectivity index (χ1v) is 11.3. The number of rotatable bonds is 6. The van der Waals surface area contributed by atoms with Crippen LogP contribution in [0.1, 0.15) is 60.9 Å². The maximum Gasteiger partial charge on any atom is 0.339 e. The fraction of sp³-hybridized carbons (Fsp3) is 0.292. The molecule has 2 heterocycles. The molecule has 0 bridgehead atoms. The lowest BCUT2D eigenvalue weighted by Gasteiger charge is -2.11. The lowest BCUT2D eigenvalue weighted by Crippen LogP contribution is -2.17. The predicted molar refractivity (Wildman–Crippen MR) is 125 cm³/mol. The number of aromatic carboxylic acids is 1. The first-order valence-electron chi connectivity index (χ1n) is 10.4. The molecule has 8 heteroatoms. The van der Waals surface area contributed by atoms with Crippen molar-refractivity contribution in [3.05, 3.63) is 68.9 Å². The van der Waals surface area contributed by atoms with Gasteiger partial charge in [0.1, 0.15) is 10.8 Å². The molecule has 1 amide bonds. The number of carboxylic acids is 1. The maximum atomic E-state index is 12.3. The number of hydrazone groups is 1. The van der Waals surface area contributed by atoms with E-state index in [4.69, 9.17) is 4.74 Å². The third-order valence-electron chi connectivity index (χ3n) is 5.76. The van der Waals surface area contributed by atoms with Gasteiger partial charge in [0.2, 0.25) is 0 Å². The van der Waals surface area contributed by atoms with Gasteiger partial charge >= 0.3 is 5.97 Å². The van der Waals surface area contributed by atoms with Crippen molar-refractivity contribution in [2.24, 2.45) is 5.10 Å². The van der Waals surface area contributed by atoms with Crippen LogP contribution in [-0.2, 0) is 12.8 Å².